The van der Waals surface area contributed by atoms with E-state index >= 15 is 0 Å². The predicted octanol–water partition coefficient (Wildman–Crippen LogP) is 3.16. The lowest BCUT2D eigenvalue weighted by Crippen LogP contribution is -2.07. The third-order valence-electron chi connectivity index (χ3n) is 1.97. The van der Waals surface area contributed by atoms with Crippen LogP contribution in [0, 0.1) is 0 Å². The molecule has 0 aromatic rings. The van der Waals surface area contributed by atoms with Crippen LogP contribution >= 0.6 is 0 Å². The van der Waals surface area contributed by atoms with Crippen LogP contribution in [0.25, 0.3) is 0 Å². The van der Waals surface area contributed by atoms with Crippen LogP contribution in [0.1, 0.15) is 39.0 Å². The zero-order valence-corrected chi connectivity index (χ0v) is 7.81. The standard InChI is InChI=1S/C10H20O/c1-4-6-7-8-9-10(5-2)11-3/h4,10H,1,5-9H2,2-3H3. The Bertz CT molecular complexity index is 84.9. The monoisotopic (exact) mass is 156 g/mol. The number of ether oxygens (including phenoxy) is 1. The number of allylic oxidation sites excluding steroid dienone is 1. The van der Waals surface area contributed by atoms with Gasteiger partial charge in [-0.3, -0.25) is 0 Å². The molecule has 0 aromatic heterocycles. The van der Waals surface area contributed by atoms with Crippen molar-refractivity contribution in [1.82, 2.24) is 0 Å². The van der Waals surface area contributed by atoms with Crippen molar-refractivity contribution in [2.24, 2.45) is 0 Å². The first-order valence-electron chi connectivity index (χ1n) is 4.48. The maximum atomic E-state index is 5.25. The topological polar surface area (TPSA) is 9.23 Å². The summed E-state index contributed by atoms with van der Waals surface area (Å²) in [6, 6.07) is 0. The summed E-state index contributed by atoms with van der Waals surface area (Å²) in [7, 11) is 1.79. The molecule has 66 valence electrons. The van der Waals surface area contributed by atoms with Crippen LogP contribution in [-0.2, 0) is 4.74 Å². The molecule has 0 aromatic carbocycles. The molecule has 0 saturated carbocycles. The van der Waals surface area contributed by atoms with E-state index in [9.17, 15) is 0 Å². The maximum Gasteiger partial charge on any atom is 0.0568 e. The Labute approximate surface area is 70.4 Å². The average molecular weight is 156 g/mol. The molecule has 0 bridgehead atoms. The third kappa shape index (κ3) is 6.11. The van der Waals surface area contributed by atoms with Crippen LogP contribution in [0.4, 0.5) is 0 Å². The quantitative estimate of drug-likeness (QED) is 0.406. The number of rotatable bonds is 7. The van der Waals surface area contributed by atoms with Crippen molar-refractivity contribution in [3.8, 4) is 0 Å². The molecular weight excluding hydrogens is 136 g/mol. The Morgan fingerprint density at radius 3 is 2.64 bits per heavy atom. The fourth-order valence-corrected chi connectivity index (χ4v) is 1.15. The molecule has 0 N–H and O–H groups in total. The van der Waals surface area contributed by atoms with Crippen LogP contribution in [0.5, 0.6) is 0 Å². The summed E-state index contributed by atoms with van der Waals surface area (Å²) in [6.45, 7) is 5.85. The van der Waals surface area contributed by atoms with E-state index in [1.165, 1.54) is 19.3 Å². The van der Waals surface area contributed by atoms with Gasteiger partial charge in [-0.2, -0.15) is 0 Å². The highest BCUT2D eigenvalue weighted by molar-refractivity contribution is 4.66. The van der Waals surface area contributed by atoms with E-state index in [1.807, 2.05) is 6.08 Å². The minimum atomic E-state index is 0.472. The highest BCUT2D eigenvalue weighted by Crippen LogP contribution is 2.08. The van der Waals surface area contributed by atoms with Gasteiger partial charge < -0.3 is 4.74 Å². The normalized spacial score (nSPS) is 12.9. The Balaban J connectivity index is 3.13. The summed E-state index contributed by atoms with van der Waals surface area (Å²) in [4.78, 5) is 0. The molecule has 1 heteroatoms. The van der Waals surface area contributed by atoms with Crippen LogP contribution in [0.2, 0.25) is 0 Å². The first-order valence-corrected chi connectivity index (χ1v) is 4.48. The summed E-state index contributed by atoms with van der Waals surface area (Å²) in [6.07, 6.45) is 8.43. The molecule has 0 radical (unpaired) electrons. The third-order valence-corrected chi connectivity index (χ3v) is 1.97. The molecule has 0 fully saturated rings. The molecule has 0 spiro atoms. The summed E-state index contributed by atoms with van der Waals surface area (Å²) in [5.74, 6) is 0. The lowest BCUT2D eigenvalue weighted by molar-refractivity contribution is 0.0899. The number of unbranched alkanes of at least 4 members (excludes halogenated alkanes) is 2. The van der Waals surface area contributed by atoms with Gasteiger partial charge in [-0.25, -0.2) is 0 Å². The van der Waals surface area contributed by atoms with E-state index in [0.29, 0.717) is 6.10 Å². The summed E-state index contributed by atoms with van der Waals surface area (Å²) in [5.41, 5.74) is 0. The van der Waals surface area contributed by atoms with Crippen LogP contribution in [0.3, 0.4) is 0 Å². The van der Waals surface area contributed by atoms with E-state index < -0.39 is 0 Å². The largest absolute Gasteiger partial charge is 0.381 e. The highest BCUT2D eigenvalue weighted by Gasteiger charge is 2.01. The van der Waals surface area contributed by atoms with Crippen LogP contribution in [0.15, 0.2) is 12.7 Å². The molecule has 0 saturated heterocycles. The molecule has 1 atom stereocenters. The van der Waals surface area contributed by atoms with Gasteiger partial charge in [-0.1, -0.05) is 19.4 Å². The van der Waals surface area contributed by atoms with Gasteiger partial charge in [-0.15, -0.1) is 6.58 Å². The number of hydrogen-bond acceptors (Lipinski definition) is 1. The van der Waals surface area contributed by atoms with Gasteiger partial charge in [0.2, 0.25) is 0 Å². The maximum absolute atomic E-state index is 5.25. The second-order valence-electron chi connectivity index (χ2n) is 2.84. The first kappa shape index (κ1) is 10.7. The van der Waals surface area contributed by atoms with Gasteiger partial charge in [0, 0.05) is 7.11 Å². The molecule has 0 rings (SSSR count). The van der Waals surface area contributed by atoms with Gasteiger partial charge >= 0.3 is 0 Å². The average Bonchev–Trinajstić information content (AvgIpc) is 2.05. The highest BCUT2D eigenvalue weighted by atomic mass is 16.5. The van der Waals surface area contributed by atoms with Gasteiger partial charge in [0.15, 0.2) is 0 Å². The molecule has 0 aliphatic rings. The van der Waals surface area contributed by atoms with Crippen LogP contribution < -0.4 is 0 Å². The zero-order chi connectivity index (χ0) is 8.53. The van der Waals surface area contributed by atoms with Crippen molar-refractivity contribution in [2.45, 2.75) is 45.1 Å². The smallest absolute Gasteiger partial charge is 0.0568 e. The fourth-order valence-electron chi connectivity index (χ4n) is 1.15. The summed E-state index contributed by atoms with van der Waals surface area (Å²) in [5, 5.41) is 0. The summed E-state index contributed by atoms with van der Waals surface area (Å²) >= 11 is 0. The van der Waals surface area contributed by atoms with Gasteiger partial charge in [0.05, 0.1) is 6.10 Å². The first-order chi connectivity index (χ1) is 5.35. The van der Waals surface area contributed by atoms with E-state index in [0.717, 1.165) is 12.8 Å². The number of methoxy groups -OCH3 is 1. The predicted molar refractivity (Wildman–Crippen MR) is 49.8 cm³/mol. The number of hydrogen-bond donors (Lipinski definition) is 0. The Hall–Kier alpha value is -0.300. The molecule has 1 unspecified atom stereocenters. The molecule has 11 heavy (non-hydrogen) atoms. The molecule has 1 nitrogen and oxygen atoms in total. The molecule has 0 amide bonds. The Morgan fingerprint density at radius 1 is 1.45 bits per heavy atom. The van der Waals surface area contributed by atoms with Gasteiger partial charge in [0.1, 0.15) is 0 Å². The van der Waals surface area contributed by atoms with Crippen molar-refractivity contribution in [1.29, 1.82) is 0 Å². The van der Waals surface area contributed by atoms with E-state index in [1.54, 1.807) is 7.11 Å². The second-order valence-corrected chi connectivity index (χ2v) is 2.84. The molecule has 0 heterocycles. The van der Waals surface area contributed by atoms with Crippen molar-refractivity contribution in [3.63, 3.8) is 0 Å². The lowest BCUT2D eigenvalue weighted by Gasteiger charge is -2.11. The Morgan fingerprint density at radius 2 is 2.18 bits per heavy atom. The van der Waals surface area contributed by atoms with Gasteiger partial charge in [-0.05, 0) is 25.7 Å². The molecule has 0 aliphatic carbocycles. The van der Waals surface area contributed by atoms with Crippen molar-refractivity contribution < 1.29 is 4.74 Å². The zero-order valence-electron chi connectivity index (χ0n) is 7.81. The van der Waals surface area contributed by atoms with E-state index in [4.69, 9.17) is 4.74 Å². The SMILES string of the molecule is C=CCCCCC(CC)OC. The van der Waals surface area contributed by atoms with Crippen molar-refractivity contribution in [2.75, 3.05) is 7.11 Å². The summed E-state index contributed by atoms with van der Waals surface area (Å²) < 4.78 is 5.25. The van der Waals surface area contributed by atoms with Gasteiger partial charge in [0.25, 0.3) is 0 Å². The Kier molecular flexibility index (Phi) is 7.59. The molecular formula is C10H20O. The fraction of sp³-hybridized carbons (Fsp3) is 0.800. The van der Waals surface area contributed by atoms with E-state index in [2.05, 4.69) is 13.5 Å². The minimum Gasteiger partial charge on any atom is -0.381 e. The lowest BCUT2D eigenvalue weighted by atomic mass is 10.1. The van der Waals surface area contributed by atoms with Crippen molar-refractivity contribution in [3.05, 3.63) is 12.7 Å². The molecule has 0 aliphatic heterocycles. The second kappa shape index (κ2) is 7.80. The van der Waals surface area contributed by atoms with Crippen LogP contribution in [-0.4, -0.2) is 13.2 Å². The minimum absolute atomic E-state index is 0.472. The van der Waals surface area contributed by atoms with Crippen molar-refractivity contribution >= 4 is 0 Å². The van der Waals surface area contributed by atoms with E-state index in [-0.39, 0.29) is 0 Å².